The molecule has 0 unspecified atom stereocenters. The minimum absolute atomic E-state index is 0.00720. The first-order valence-corrected chi connectivity index (χ1v) is 9.53. The van der Waals surface area contributed by atoms with E-state index >= 15 is 0 Å². The van der Waals surface area contributed by atoms with Gasteiger partial charge in [-0.3, -0.25) is 10.4 Å². The Hall–Kier alpha value is -3.42. The lowest BCUT2D eigenvalue weighted by Crippen LogP contribution is -2.57. The average Bonchev–Trinajstić information content (AvgIpc) is 2.67. The average molecular weight is 393 g/mol. The second-order valence-electron chi connectivity index (χ2n) is 7.12. The summed E-state index contributed by atoms with van der Waals surface area (Å²) in [6.45, 7) is 11.0. The van der Waals surface area contributed by atoms with E-state index in [2.05, 4.69) is 26.7 Å². The normalized spacial score (nSPS) is 14.1. The fraction of sp³-hybridized carbons (Fsp3) is 0.333. The predicted octanol–water partition coefficient (Wildman–Crippen LogP) is 2.90. The number of aromatic nitrogens is 2. The van der Waals surface area contributed by atoms with Crippen molar-refractivity contribution in [1.82, 2.24) is 15.0 Å². The third-order valence-corrected chi connectivity index (χ3v) is 4.60. The minimum Gasteiger partial charge on any atom is -0.475 e. The zero-order valence-corrected chi connectivity index (χ0v) is 17.0. The van der Waals surface area contributed by atoms with Gasteiger partial charge in [0.1, 0.15) is 5.82 Å². The molecule has 1 aliphatic heterocycles. The van der Waals surface area contributed by atoms with Crippen molar-refractivity contribution in [3.8, 4) is 5.88 Å². The number of ether oxygens (including phenoxy) is 1. The third kappa shape index (κ3) is 4.53. The van der Waals surface area contributed by atoms with E-state index in [9.17, 15) is 0 Å². The van der Waals surface area contributed by atoms with Crippen molar-refractivity contribution in [2.24, 2.45) is 5.10 Å². The van der Waals surface area contributed by atoms with Gasteiger partial charge in [0.05, 0.1) is 29.7 Å². The van der Waals surface area contributed by atoms with Gasteiger partial charge in [0.2, 0.25) is 5.88 Å². The molecule has 8 heteroatoms. The second kappa shape index (κ2) is 8.72. The third-order valence-electron chi connectivity index (χ3n) is 4.60. The van der Waals surface area contributed by atoms with Crippen LogP contribution in [0.2, 0.25) is 0 Å². The number of hydrogen-bond acceptors (Lipinski definition) is 8. The van der Waals surface area contributed by atoms with Crippen LogP contribution in [0.25, 0.3) is 0 Å². The number of pyridine rings is 2. The van der Waals surface area contributed by atoms with Crippen LogP contribution in [0, 0.1) is 5.41 Å². The highest BCUT2D eigenvalue weighted by atomic mass is 16.5. The number of nitrogens with two attached hydrogens (primary N) is 1. The molecule has 3 N–H and O–H groups in total. The van der Waals surface area contributed by atoms with Crippen molar-refractivity contribution in [2.45, 2.75) is 32.9 Å². The van der Waals surface area contributed by atoms with Crippen molar-refractivity contribution in [3.05, 3.63) is 54.0 Å². The monoisotopic (exact) mass is 393 g/mol. The van der Waals surface area contributed by atoms with Gasteiger partial charge < -0.3 is 15.4 Å². The van der Waals surface area contributed by atoms with Crippen LogP contribution in [0.15, 0.2) is 48.0 Å². The molecule has 3 rings (SSSR count). The summed E-state index contributed by atoms with van der Waals surface area (Å²) in [7, 11) is 0. The topological polar surface area (TPSA) is 104 Å². The molecule has 0 amide bonds. The zero-order valence-electron chi connectivity index (χ0n) is 17.0. The number of nitrogens with zero attached hydrogens (tertiary/aromatic N) is 5. The van der Waals surface area contributed by atoms with Crippen LogP contribution in [0.3, 0.4) is 0 Å². The van der Waals surface area contributed by atoms with Gasteiger partial charge in [0, 0.05) is 49.4 Å². The van der Waals surface area contributed by atoms with E-state index in [1.807, 2.05) is 50.2 Å². The van der Waals surface area contributed by atoms with E-state index in [-0.39, 0.29) is 12.1 Å². The Kier molecular flexibility index (Phi) is 6.11. The molecule has 1 fully saturated rings. The van der Waals surface area contributed by atoms with Gasteiger partial charge in [-0.05, 0) is 32.9 Å². The first-order valence-electron chi connectivity index (χ1n) is 9.53. The van der Waals surface area contributed by atoms with Crippen LogP contribution >= 0.6 is 0 Å². The van der Waals surface area contributed by atoms with Crippen LogP contribution in [-0.2, 0) is 0 Å². The second-order valence-corrected chi connectivity index (χ2v) is 7.12. The van der Waals surface area contributed by atoms with Crippen LogP contribution in [0.1, 0.15) is 31.9 Å². The van der Waals surface area contributed by atoms with Crippen LogP contribution < -0.4 is 15.4 Å². The van der Waals surface area contributed by atoms with Crippen LogP contribution in [0.4, 0.5) is 11.5 Å². The lowest BCUT2D eigenvalue weighted by Gasteiger charge is -2.43. The molecule has 2 aromatic rings. The van der Waals surface area contributed by atoms with Gasteiger partial charge in [0.25, 0.3) is 0 Å². The maximum Gasteiger partial charge on any atom is 0.214 e. The lowest BCUT2D eigenvalue weighted by atomic mass is 10.0. The Labute approximate surface area is 171 Å². The molecule has 0 radical (unpaired) electrons. The first-order chi connectivity index (χ1) is 13.9. The van der Waals surface area contributed by atoms with Crippen molar-refractivity contribution < 1.29 is 4.74 Å². The van der Waals surface area contributed by atoms with Gasteiger partial charge in [-0.25, -0.2) is 9.97 Å². The molecule has 152 valence electrons. The number of hydrazone groups is 1. The van der Waals surface area contributed by atoms with Gasteiger partial charge in [-0.2, -0.15) is 5.10 Å². The summed E-state index contributed by atoms with van der Waals surface area (Å²) in [6.07, 6.45) is 7.09. The highest BCUT2D eigenvalue weighted by Gasteiger charge is 2.31. The Bertz CT molecular complexity index is 919. The molecule has 2 aromatic heterocycles. The van der Waals surface area contributed by atoms with Crippen molar-refractivity contribution in [1.29, 1.82) is 5.41 Å². The molecule has 0 saturated carbocycles. The molecule has 0 atom stereocenters. The molecule has 1 saturated heterocycles. The smallest absolute Gasteiger partial charge is 0.214 e. The number of nitrogens with one attached hydrogen (secondary N) is 1. The van der Waals surface area contributed by atoms with Crippen molar-refractivity contribution >= 4 is 23.9 Å². The molecule has 8 nitrogen and oxygen atoms in total. The molecule has 3 heterocycles. The number of rotatable bonds is 8. The highest BCUT2D eigenvalue weighted by Crippen LogP contribution is 2.26. The van der Waals surface area contributed by atoms with E-state index in [0.717, 1.165) is 24.5 Å². The summed E-state index contributed by atoms with van der Waals surface area (Å²) in [6, 6.07) is 5.69. The SMILES string of the molecule is C=NN(/C=C\C)C1CN(c2cc(C(=N)c3cc(OC(C)C)ncc3N)ccn2)C1. The fourth-order valence-electron chi connectivity index (χ4n) is 3.12. The van der Waals surface area contributed by atoms with Gasteiger partial charge in [0.15, 0.2) is 0 Å². The quantitative estimate of drug-likeness (QED) is 0.528. The van der Waals surface area contributed by atoms with Gasteiger partial charge >= 0.3 is 0 Å². The van der Waals surface area contributed by atoms with Crippen LogP contribution in [0.5, 0.6) is 5.88 Å². The van der Waals surface area contributed by atoms with Gasteiger partial charge in [-0.1, -0.05) is 6.08 Å². The van der Waals surface area contributed by atoms with E-state index < -0.39 is 0 Å². The molecular formula is C21H27N7O. The van der Waals surface area contributed by atoms with E-state index in [1.165, 1.54) is 6.20 Å². The summed E-state index contributed by atoms with van der Waals surface area (Å²) >= 11 is 0. The summed E-state index contributed by atoms with van der Waals surface area (Å²) in [4.78, 5) is 10.8. The molecule has 0 spiro atoms. The summed E-state index contributed by atoms with van der Waals surface area (Å²) in [5.41, 5.74) is 8.14. The standard InChI is InChI=1S/C21H27N7O/c1-5-8-28(24-4)16-12-27(13-16)19-9-15(6-7-25-19)21(23)17-10-20(29-14(2)3)26-11-18(17)22/h5-11,14,16,23H,4,12-13,22H2,1-3H3/b8-5-,23-21?. The lowest BCUT2D eigenvalue weighted by molar-refractivity contribution is 0.232. The Morgan fingerprint density at radius 3 is 2.83 bits per heavy atom. The van der Waals surface area contributed by atoms with E-state index in [0.29, 0.717) is 22.8 Å². The summed E-state index contributed by atoms with van der Waals surface area (Å²) in [5.74, 6) is 1.27. The number of allylic oxidation sites excluding steroid dienone is 1. The zero-order chi connectivity index (χ0) is 21.0. The molecule has 0 aliphatic carbocycles. The van der Waals surface area contributed by atoms with Gasteiger partial charge in [-0.15, -0.1) is 0 Å². The largest absolute Gasteiger partial charge is 0.475 e. The van der Waals surface area contributed by atoms with E-state index in [1.54, 1.807) is 12.3 Å². The Balaban J connectivity index is 1.77. The molecular weight excluding hydrogens is 366 g/mol. The number of hydrogen-bond donors (Lipinski definition) is 2. The van der Waals surface area contributed by atoms with Crippen molar-refractivity contribution in [2.75, 3.05) is 23.7 Å². The van der Waals surface area contributed by atoms with E-state index in [4.69, 9.17) is 15.9 Å². The molecule has 29 heavy (non-hydrogen) atoms. The van der Waals surface area contributed by atoms with Crippen LogP contribution in [-0.4, -0.2) is 52.6 Å². The maximum absolute atomic E-state index is 8.65. The maximum atomic E-state index is 8.65. The fourth-order valence-corrected chi connectivity index (χ4v) is 3.12. The number of anilines is 2. The molecule has 1 aliphatic rings. The Morgan fingerprint density at radius 2 is 2.17 bits per heavy atom. The minimum atomic E-state index is -0.00720. The summed E-state index contributed by atoms with van der Waals surface area (Å²) < 4.78 is 5.64. The first kappa shape index (κ1) is 20.3. The van der Waals surface area contributed by atoms with Crippen molar-refractivity contribution in [3.63, 3.8) is 0 Å². The number of nitrogen functional groups attached to an aromatic ring is 1. The predicted molar refractivity (Wildman–Crippen MR) is 117 cm³/mol. The Morgan fingerprint density at radius 1 is 1.41 bits per heavy atom. The summed E-state index contributed by atoms with van der Waals surface area (Å²) in [5, 5.41) is 14.5. The molecule has 0 bridgehead atoms. The highest BCUT2D eigenvalue weighted by molar-refractivity contribution is 6.14. The molecule has 0 aromatic carbocycles.